The Morgan fingerprint density at radius 3 is 2.65 bits per heavy atom. The molecule has 1 unspecified atom stereocenters. The predicted octanol–water partition coefficient (Wildman–Crippen LogP) is 3.24. The summed E-state index contributed by atoms with van der Waals surface area (Å²) in [5.74, 6) is 0.434. The molecule has 1 aliphatic rings. The Bertz CT molecular complexity index is 479. The average molecular weight is 249 g/mol. The molecule has 3 rings (SSSR count). The van der Waals surface area contributed by atoms with Gasteiger partial charge in [-0.1, -0.05) is 23.5 Å². The third kappa shape index (κ3) is 2.44. The van der Waals surface area contributed by atoms with Crippen LogP contribution in [0.2, 0.25) is 0 Å². The lowest BCUT2D eigenvalue weighted by Gasteiger charge is -2.17. The summed E-state index contributed by atoms with van der Waals surface area (Å²) in [7, 11) is 0. The first-order chi connectivity index (χ1) is 8.33. The lowest BCUT2D eigenvalue weighted by molar-refractivity contribution is 0.622. The van der Waals surface area contributed by atoms with Crippen molar-refractivity contribution in [1.29, 1.82) is 0 Å². The summed E-state index contributed by atoms with van der Waals surface area (Å²) in [6.07, 6.45) is 2.43. The van der Waals surface area contributed by atoms with Gasteiger partial charge >= 0.3 is 0 Å². The van der Waals surface area contributed by atoms with Gasteiger partial charge in [-0.2, -0.15) is 0 Å². The van der Waals surface area contributed by atoms with Gasteiger partial charge in [0.25, 0.3) is 0 Å². The molecule has 0 bridgehead atoms. The number of anilines is 1. The van der Waals surface area contributed by atoms with Crippen molar-refractivity contribution in [3.63, 3.8) is 0 Å². The van der Waals surface area contributed by atoms with Gasteiger partial charge in [-0.15, -0.1) is 10.2 Å². The minimum absolute atomic E-state index is 0.195. The zero-order chi connectivity index (χ0) is 11.7. The van der Waals surface area contributed by atoms with Gasteiger partial charge in [0.05, 0.1) is 6.04 Å². The molecule has 0 saturated heterocycles. The number of aromatic nitrogens is 2. The monoisotopic (exact) mass is 249 g/mol. The van der Waals surface area contributed by atoms with E-state index >= 15 is 0 Å². The standard InChI is InChI=1S/C12H12FN3S/c13-10-5-3-9(4-6-10)11(8-1-2-8)15-12-16-14-7-17-12/h3-8,11H,1-2H2,(H,15,16). The molecule has 2 aromatic rings. The summed E-state index contributed by atoms with van der Waals surface area (Å²) in [5.41, 5.74) is 2.82. The Balaban J connectivity index is 1.82. The first-order valence-corrected chi connectivity index (χ1v) is 6.49. The van der Waals surface area contributed by atoms with Crippen molar-refractivity contribution in [2.75, 3.05) is 5.32 Å². The number of hydrogen-bond donors (Lipinski definition) is 1. The molecule has 88 valence electrons. The van der Waals surface area contributed by atoms with Gasteiger partial charge in [0.2, 0.25) is 5.13 Å². The molecule has 1 heterocycles. The lowest BCUT2D eigenvalue weighted by Crippen LogP contribution is -2.12. The largest absolute Gasteiger partial charge is 0.353 e. The van der Waals surface area contributed by atoms with Crippen molar-refractivity contribution < 1.29 is 4.39 Å². The second-order valence-corrected chi connectivity index (χ2v) is 5.09. The van der Waals surface area contributed by atoms with Crippen LogP contribution in [-0.2, 0) is 0 Å². The molecule has 1 saturated carbocycles. The van der Waals surface area contributed by atoms with Crippen LogP contribution in [0, 0.1) is 11.7 Å². The SMILES string of the molecule is Fc1ccc(C(Nc2nncs2)C2CC2)cc1. The van der Waals surface area contributed by atoms with E-state index in [2.05, 4.69) is 15.5 Å². The maximum Gasteiger partial charge on any atom is 0.205 e. The quantitative estimate of drug-likeness (QED) is 0.904. The molecule has 17 heavy (non-hydrogen) atoms. The molecule has 5 heteroatoms. The Morgan fingerprint density at radius 2 is 2.06 bits per heavy atom. The lowest BCUT2D eigenvalue weighted by atomic mass is 10.0. The Labute approximate surface area is 103 Å². The number of nitrogens with one attached hydrogen (secondary N) is 1. The molecular weight excluding hydrogens is 237 g/mol. The molecule has 0 aliphatic heterocycles. The third-order valence-electron chi connectivity index (χ3n) is 2.96. The highest BCUT2D eigenvalue weighted by Gasteiger charge is 2.32. The molecule has 0 radical (unpaired) electrons. The van der Waals surface area contributed by atoms with Gasteiger partial charge in [-0.05, 0) is 36.5 Å². The van der Waals surface area contributed by atoms with Crippen LogP contribution < -0.4 is 5.32 Å². The Morgan fingerprint density at radius 1 is 1.29 bits per heavy atom. The fourth-order valence-electron chi connectivity index (χ4n) is 1.94. The van der Waals surface area contributed by atoms with Crippen molar-refractivity contribution in [3.8, 4) is 0 Å². The number of halogens is 1. The molecule has 3 nitrogen and oxygen atoms in total. The highest BCUT2D eigenvalue weighted by Crippen LogP contribution is 2.42. The van der Waals surface area contributed by atoms with Crippen LogP contribution in [0.4, 0.5) is 9.52 Å². The van der Waals surface area contributed by atoms with Gasteiger partial charge in [0.15, 0.2) is 0 Å². The summed E-state index contributed by atoms with van der Waals surface area (Å²) in [4.78, 5) is 0. The second kappa shape index (κ2) is 4.41. The zero-order valence-electron chi connectivity index (χ0n) is 9.14. The molecule has 1 atom stereocenters. The molecule has 1 aliphatic carbocycles. The number of nitrogens with zero attached hydrogens (tertiary/aromatic N) is 2. The van der Waals surface area contributed by atoms with Crippen molar-refractivity contribution in [1.82, 2.24) is 10.2 Å². The van der Waals surface area contributed by atoms with E-state index in [1.165, 1.54) is 36.3 Å². The van der Waals surface area contributed by atoms with Crippen LogP contribution in [-0.4, -0.2) is 10.2 Å². The van der Waals surface area contributed by atoms with Crippen molar-refractivity contribution in [2.45, 2.75) is 18.9 Å². The minimum atomic E-state index is -0.195. The molecule has 1 fully saturated rings. The summed E-state index contributed by atoms with van der Waals surface area (Å²) < 4.78 is 12.9. The first kappa shape index (κ1) is 10.7. The smallest absolute Gasteiger partial charge is 0.205 e. The Kier molecular flexibility index (Phi) is 2.76. The minimum Gasteiger partial charge on any atom is -0.353 e. The van der Waals surface area contributed by atoms with Gasteiger partial charge in [0, 0.05) is 0 Å². The number of rotatable bonds is 4. The normalized spacial score (nSPS) is 16.8. The fraction of sp³-hybridized carbons (Fsp3) is 0.333. The fourth-order valence-corrected chi connectivity index (χ4v) is 2.43. The average Bonchev–Trinajstić information content (AvgIpc) is 3.05. The highest BCUT2D eigenvalue weighted by atomic mass is 32.1. The van der Waals surface area contributed by atoms with E-state index in [1.54, 1.807) is 5.51 Å². The molecule has 1 aromatic carbocycles. The van der Waals surface area contributed by atoms with Crippen molar-refractivity contribution in [3.05, 3.63) is 41.2 Å². The summed E-state index contributed by atoms with van der Waals surface area (Å²) >= 11 is 1.49. The van der Waals surface area contributed by atoms with Gasteiger partial charge in [-0.3, -0.25) is 0 Å². The number of benzene rings is 1. The third-order valence-corrected chi connectivity index (χ3v) is 3.58. The van der Waals surface area contributed by atoms with E-state index in [1.807, 2.05) is 12.1 Å². The van der Waals surface area contributed by atoms with Crippen LogP contribution in [0.3, 0.4) is 0 Å². The highest BCUT2D eigenvalue weighted by molar-refractivity contribution is 7.13. The molecular formula is C12H12FN3S. The number of hydrogen-bond acceptors (Lipinski definition) is 4. The van der Waals surface area contributed by atoms with Crippen LogP contribution >= 0.6 is 11.3 Å². The van der Waals surface area contributed by atoms with E-state index in [4.69, 9.17) is 0 Å². The van der Waals surface area contributed by atoms with Crippen molar-refractivity contribution >= 4 is 16.5 Å². The van der Waals surface area contributed by atoms with E-state index in [0.29, 0.717) is 5.92 Å². The van der Waals surface area contributed by atoms with E-state index in [9.17, 15) is 4.39 Å². The van der Waals surface area contributed by atoms with Gasteiger partial charge < -0.3 is 5.32 Å². The van der Waals surface area contributed by atoms with Crippen LogP contribution in [0.1, 0.15) is 24.4 Å². The van der Waals surface area contributed by atoms with Gasteiger partial charge in [-0.25, -0.2) is 4.39 Å². The maximum absolute atomic E-state index is 12.9. The van der Waals surface area contributed by atoms with Gasteiger partial charge in [0.1, 0.15) is 11.3 Å². The molecule has 0 spiro atoms. The Hall–Kier alpha value is -1.49. The summed E-state index contributed by atoms with van der Waals surface area (Å²) in [6, 6.07) is 6.92. The van der Waals surface area contributed by atoms with E-state index in [-0.39, 0.29) is 11.9 Å². The zero-order valence-corrected chi connectivity index (χ0v) is 9.95. The van der Waals surface area contributed by atoms with Crippen LogP contribution in [0.25, 0.3) is 0 Å². The van der Waals surface area contributed by atoms with Crippen LogP contribution in [0.15, 0.2) is 29.8 Å². The molecule has 0 amide bonds. The summed E-state index contributed by atoms with van der Waals surface area (Å²) in [6.45, 7) is 0. The van der Waals surface area contributed by atoms with E-state index in [0.717, 1.165) is 10.7 Å². The van der Waals surface area contributed by atoms with Crippen molar-refractivity contribution in [2.24, 2.45) is 5.92 Å². The first-order valence-electron chi connectivity index (χ1n) is 5.61. The molecule has 1 N–H and O–H groups in total. The topological polar surface area (TPSA) is 37.8 Å². The summed E-state index contributed by atoms with van der Waals surface area (Å²) in [5, 5.41) is 12.0. The maximum atomic E-state index is 12.9. The molecule has 1 aromatic heterocycles. The van der Waals surface area contributed by atoms with Crippen LogP contribution in [0.5, 0.6) is 0 Å². The van der Waals surface area contributed by atoms with E-state index < -0.39 is 0 Å². The second-order valence-electron chi connectivity index (χ2n) is 4.25. The predicted molar refractivity (Wildman–Crippen MR) is 65.4 cm³/mol.